The lowest BCUT2D eigenvalue weighted by Gasteiger charge is -2.69. The number of aliphatic hydroxyl groups excluding tert-OH is 1. The minimum Gasteiger partial charge on any atom is -0.393 e. The number of carbonyl (C=O) groups is 1. The average Bonchev–Trinajstić information content (AvgIpc) is 2.43. The highest BCUT2D eigenvalue weighted by atomic mass is 16.6. The van der Waals surface area contributed by atoms with Crippen LogP contribution in [0.4, 0.5) is 0 Å². The first-order valence-electron chi connectivity index (χ1n) is 8.12. The molecule has 6 heteroatoms. The quantitative estimate of drug-likeness (QED) is 0.705. The van der Waals surface area contributed by atoms with Crippen molar-refractivity contribution in [2.75, 3.05) is 20.3 Å². The molecule has 1 aliphatic rings. The molecule has 0 radical (unpaired) electrons. The van der Waals surface area contributed by atoms with Gasteiger partial charge in [0.1, 0.15) is 5.60 Å². The fourth-order valence-electron chi connectivity index (χ4n) is 4.27. The SMILES string of the molecule is CCC1(C)C(C)(CO)OC(C)(COC)C(C)(NC(C)=O)C1(C)O. The van der Waals surface area contributed by atoms with E-state index in [2.05, 4.69) is 5.32 Å². The van der Waals surface area contributed by atoms with Gasteiger partial charge in [-0.3, -0.25) is 4.79 Å². The Labute approximate surface area is 139 Å². The van der Waals surface area contributed by atoms with Crippen molar-refractivity contribution in [1.82, 2.24) is 5.32 Å². The van der Waals surface area contributed by atoms with Gasteiger partial charge in [-0.1, -0.05) is 13.8 Å². The minimum absolute atomic E-state index is 0.162. The molecule has 0 saturated carbocycles. The second-order valence-corrected chi connectivity index (χ2v) is 7.72. The van der Waals surface area contributed by atoms with Gasteiger partial charge in [0.25, 0.3) is 0 Å². The molecule has 0 aromatic heterocycles. The predicted molar refractivity (Wildman–Crippen MR) is 88.1 cm³/mol. The molecule has 5 unspecified atom stereocenters. The Kier molecular flexibility index (Phi) is 5.30. The topological polar surface area (TPSA) is 88.0 Å². The zero-order valence-corrected chi connectivity index (χ0v) is 15.7. The van der Waals surface area contributed by atoms with Crippen LogP contribution in [0.1, 0.15) is 54.9 Å². The zero-order valence-electron chi connectivity index (χ0n) is 15.7. The van der Waals surface area contributed by atoms with E-state index in [1.807, 2.05) is 13.8 Å². The van der Waals surface area contributed by atoms with E-state index in [0.717, 1.165) is 0 Å². The van der Waals surface area contributed by atoms with Crippen LogP contribution < -0.4 is 5.32 Å². The van der Waals surface area contributed by atoms with Crippen molar-refractivity contribution in [1.29, 1.82) is 0 Å². The Morgan fingerprint density at radius 3 is 2.04 bits per heavy atom. The van der Waals surface area contributed by atoms with Crippen molar-refractivity contribution in [2.45, 2.75) is 77.2 Å². The number of nitrogens with one attached hydrogen (secondary N) is 1. The van der Waals surface area contributed by atoms with Gasteiger partial charge in [0.05, 0.1) is 30.0 Å². The third-order valence-corrected chi connectivity index (χ3v) is 6.58. The second kappa shape index (κ2) is 5.99. The Bertz CT molecular complexity index is 468. The minimum atomic E-state index is -1.36. The molecule has 3 N–H and O–H groups in total. The van der Waals surface area contributed by atoms with E-state index in [1.165, 1.54) is 6.92 Å². The van der Waals surface area contributed by atoms with E-state index in [0.29, 0.717) is 6.42 Å². The molecule has 1 amide bonds. The molecule has 1 rings (SSSR count). The fourth-order valence-corrected chi connectivity index (χ4v) is 4.27. The smallest absolute Gasteiger partial charge is 0.217 e. The molecule has 5 atom stereocenters. The van der Waals surface area contributed by atoms with Gasteiger partial charge in [-0.25, -0.2) is 0 Å². The number of ether oxygens (including phenoxy) is 2. The van der Waals surface area contributed by atoms with E-state index in [-0.39, 0.29) is 19.1 Å². The molecule has 1 fully saturated rings. The summed E-state index contributed by atoms with van der Waals surface area (Å²) < 4.78 is 11.7. The molecule has 6 nitrogen and oxygen atoms in total. The predicted octanol–water partition coefficient (Wildman–Crippen LogP) is 1.23. The summed E-state index contributed by atoms with van der Waals surface area (Å²) >= 11 is 0. The fraction of sp³-hybridized carbons (Fsp3) is 0.941. The molecule has 0 aromatic rings. The van der Waals surface area contributed by atoms with Crippen molar-refractivity contribution in [3.8, 4) is 0 Å². The molecular formula is C17H33NO5. The van der Waals surface area contributed by atoms with Crippen LogP contribution in [-0.4, -0.2) is 58.8 Å². The number of methoxy groups -OCH3 is 1. The first kappa shape index (κ1) is 20.4. The number of carbonyl (C=O) groups excluding carboxylic acids is 1. The highest BCUT2D eigenvalue weighted by molar-refractivity contribution is 5.74. The standard InChI is InChI=1S/C17H33NO5/c1-9-13(3)14(4,10-19)23-15(5,11-22-8)16(6,17(13,7)21)18-12(2)20/h19,21H,9-11H2,1-8H3,(H,18,20). The number of hydrogen-bond acceptors (Lipinski definition) is 5. The summed E-state index contributed by atoms with van der Waals surface area (Å²) in [6.45, 7) is 12.2. The van der Waals surface area contributed by atoms with E-state index in [4.69, 9.17) is 9.47 Å². The van der Waals surface area contributed by atoms with E-state index in [1.54, 1.807) is 34.8 Å². The van der Waals surface area contributed by atoms with E-state index >= 15 is 0 Å². The van der Waals surface area contributed by atoms with Crippen LogP contribution in [0.15, 0.2) is 0 Å². The van der Waals surface area contributed by atoms with Crippen LogP contribution in [-0.2, 0) is 14.3 Å². The maximum Gasteiger partial charge on any atom is 0.217 e. The van der Waals surface area contributed by atoms with Crippen LogP contribution in [0, 0.1) is 5.41 Å². The summed E-state index contributed by atoms with van der Waals surface area (Å²) in [4.78, 5) is 11.9. The number of hydrogen-bond donors (Lipinski definition) is 3. The third kappa shape index (κ3) is 2.51. The van der Waals surface area contributed by atoms with Gasteiger partial charge in [-0.15, -0.1) is 0 Å². The molecule has 1 saturated heterocycles. The highest BCUT2D eigenvalue weighted by Crippen LogP contribution is 2.59. The average molecular weight is 331 g/mol. The lowest BCUT2D eigenvalue weighted by molar-refractivity contribution is -0.356. The lowest BCUT2D eigenvalue weighted by Crippen LogP contribution is -2.86. The molecule has 0 aliphatic carbocycles. The van der Waals surface area contributed by atoms with Crippen molar-refractivity contribution in [3.05, 3.63) is 0 Å². The van der Waals surface area contributed by atoms with Crippen molar-refractivity contribution in [2.24, 2.45) is 5.41 Å². The Balaban J connectivity index is 3.67. The molecular weight excluding hydrogens is 298 g/mol. The number of amides is 1. The van der Waals surface area contributed by atoms with Gasteiger partial charge in [-0.2, -0.15) is 0 Å². The molecule has 1 heterocycles. The van der Waals surface area contributed by atoms with Crippen molar-refractivity contribution >= 4 is 5.91 Å². The zero-order chi connectivity index (χ0) is 18.3. The summed E-state index contributed by atoms with van der Waals surface area (Å²) in [6, 6.07) is 0. The summed E-state index contributed by atoms with van der Waals surface area (Å²) in [5, 5.41) is 24.6. The number of aliphatic hydroxyl groups is 2. The summed E-state index contributed by atoms with van der Waals surface area (Å²) in [7, 11) is 1.54. The molecule has 136 valence electrons. The van der Waals surface area contributed by atoms with Gasteiger partial charge >= 0.3 is 0 Å². The maximum absolute atomic E-state index is 11.9. The third-order valence-electron chi connectivity index (χ3n) is 6.58. The van der Waals surface area contributed by atoms with Gasteiger partial charge < -0.3 is 25.0 Å². The lowest BCUT2D eigenvalue weighted by atomic mass is 9.50. The summed E-state index contributed by atoms with van der Waals surface area (Å²) in [5.74, 6) is -0.259. The monoisotopic (exact) mass is 331 g/mol. The van der Waals surface area contributed by atoms with Crippen molar-refractivity contribution in [3.63, 3.8) is 0 Å². The second-order valence-electron chi connectivity index (χ2n) is 7.72. The Hall–Kier alpha value is -0.690. The van der Waals surface area contributed by atoms with E-state index in [9.17, 15) is 15.0 Å². The first-order chi connectivity index (χ1) is 10.3. The Morgan fingerprint density at radius 2 is 1.70 bits per heavy atom. The Morgan fingerprint density at radius 1 is 1.17 bits per heavy atom. The maximum atomic E-state index is 11.9. The first-order valence-corrected chi connectivity index (χ1v) is 8.12. The van der Waals surface area contributed by atoms with Gasteiger partial charge in [0.15, 0.2) is 0 Å². The van der Waals surface area contributed by atoms with Crippen LogP contribution >= 0.6 is 0 Å². The molecule has 1 aliphatic heterocycles. The van der Waals surface area contributed by atoms with Crippen LogP contribution in [0.25, 0.3) is 0 Å². The highest BCUT2D eigenvalue weighted by Gasteiger charge is 2.73. The number of rotatable bonds is 5. The van der Waals surface area contributed by atoms with Gasteiger partial charge in [-0.05, 0) is 34.1 Å². The van der Waals surface area contributed by atoms with Gasteiger partial charge in [0, 0.05) is 19.4 Å². The molecule has 0 aromatic carbocycles. The molecule has 23 heavy (non-hydrogen) atoms. The van der Waals surface area contributed by atoms with Crippen LogP contribution in [0.5, 0.6) is 0 Å². The molecule has 0 spiro atoms. The van der Waals surface area contributed by atoms with Crippen LogP contribution in [0.2, 0.25) is 0 Å². The largest absolute Gasteiger partial charge is 0.393 e. The summed E-state index contributed by atoms with van der Waals surface area (Å²) in [6.07, 6.45) is 0.565. The van der Waals surface area contributed by atoms with E-state index < -0.39 is 27.8 Å². The molecule has 0 bridgehead atoms. The van der Waals surface area contributed by atoms with Gasteiger partial charge in [0.2, 0.25) is 5.91 Å². The summed E-state index contributed by atoms with van der Waals surface area (Å²) in [5.41, 5.74) is -5.27. The van der Waals surface area contributed by atoms with Crippen LogP contribution in [0.3, 0.4) is 0 Å². The van der Waals surface area contributed by atoms with Crippen molar-refractivity contribution < 1.29 is 24.5 Å². The normalized spacial score (nSPS) is 47.4.